The van der Waals surface area contributed by atoms with Gasteiger partial charge in [-0.25, -0.2) is 13.2 Å². The molecule has 1 aromatic carbocycles. The Morgan fingerprint density at radius 1 is 1.26 bits per heavy atom. The molecule has 0 spiro atoms. The van der Waals surface area contributed by atoms with E-state index in [2.05, 4.69) is 4.74 Å². The predicted molar refractivity (Wildman–Crippen MR) is 83.1 cm³/mol. The molecule has 1 heterocycles. The number of amides is 1. The second-order valence-corrected chi connectivity index (χ2v) is 7.42. The van der Waals surface area contributed by atoms with Gasteiger partial charge in [-0.05, 0) is 44.0 Å². The molecule has 1 atom stereocenters. The van der Waals surface area contributed by atoms with E-state index in [0.29, 0.717) is 6.54 Å². The largest absolute Gasteiger partial charge is 0.452 e. The first-order valence-corrected chi connectivity index (χ1v) is 8.83. The SMILES string of the molecule is C[C@H]1CCCCN1S(=O)(=O)c1ccc(C(=O)OCC(N)=O)cc1. The molecule has 1 aliphatic heterocycles. The Balaban J connectivity index is 2.15. The van der Waals surface area contributed by atoms with Crippen LogP contribution < -0.4 is 5.73 Å². The van der Waals surface area contributed by atoms with E-state index in [1.54, 1.807) is 0 Å². The number of benzene rings is 1. The topological polar surface area (TPSA) is 107 Å². The van der Waals surface area contributed by atoms with Crippen molar-refractivity contribution in [2.24, 2.45) is 5.73 Å². The van der Waals surface area contributed by atoms with E-state index in [1.165, 1.54) is 28.6 Å². The maximum atomic E-state index is 12.6. The van der Waals surface area contributed by atoms with Gasteiger partial charge in [0.05, 0.1) is 10.5 Å². The van der Waals surface area contributed by atoms with Gasteiger partial charge in [-0.1, -0.05) is 6.42 Å². The van der Waals surface area contributed by atoms with E-state index in [1.807, 2.05) is 6.92 Å². The summed E-state index contributed by atoms with van der Waals surface area (Å²) in [6.45, 7) is 1.89. The lowest BCUT2D eigenvalue weighted by molar-refractivity contribution is -0.121. The van der Waals surface area contributed by atoms with Gasteiger partial charge in [-0.2, -0.15) is 4.31 Å². The molecule has 8 heteroatoms. The number of ether oxygens (including phenoxy) is 1. The molecule has 23 heavy (non-hydrogen) atoms. The predicted octanol–water partition coefficient (Wildman–Crippen LogP) is 0.892. The summed E-state index contributed by atoms with van der Waals surface area (Å²) < 4.78 is 31.5. The molecule has 0 aliphatic carbocycles. The first-order valence-electron chi connectivity index (χ1n) is 7.39. The number of esters is 1. The van der Waals surface area contributed by atoms with Gasteiger partial charge in [0.2, 0.25) is 10.0 Å². The van der Waals surface area contributed by atoms with Gasteiger partial charge >= 0.3 is 5.97 Å². The molecule has 2 N–H and O–H groups in total. The Kier molecular flexibility index (Phi) is 5.38. The monoisotopic (exact) mass is 340 g/mol. The van der Waals surface area contributed by atoms with Crippen LogP contribution >= 0.6 is 0 Å². The third kappa shape index (κ3) is 4.08. The third-order valence-electron chi connectivity index (χ3n) is 3.78. The number of nitrogens with zero attached hydrogens (tertiary/aromatic N) is 1. The van der Waals surface area contributed by atoms with E-state index in [4.69, 9.17) is 5.73 Å². The van der Waals surface area contributed by atoms with E-state index < -0.39 is 28.5 Å². The Hall–Kier alpha value is -1.93. The van der Waals surface area contributed by atoms with Gasteiger partial charge in [0.15, 0.2) is 6.61 Å². The van der Waals surface area contributed by atoms with Crippen LogP contribution in [0.3, 0.4) is 0 Å². The first kappa shape index (κ1) is 17.4. The zero-order chi connectivity index (χ0) is 17.0. The molecule has 7 nitrogen and oxygen atoms in total. The lowest BCUT2D eigenvalue weighted by Gasteiger charge is -2.32. The zero-order valence-electron chi connectivity index (χ0n) is 12.9. The molecule has 1 saturated heterocycles. The molecule has 1 aliphatic rings. The van der Waals surface area contributed by atoms with Crippen molar-refractivity contribution in [1.29, 1.82) is 0 Å². The van der Waals surface area contributed by atoms with Gasteiger partial charge in [-0.3, -0.25) is 4.79 Å². The minimum Gasteiger partial charge on any atom is -0.452 e. The Morgan fingerprint density at radius 3 is 2.48 bits per heavy atom. The summed E-state index contributed by atoms with van der Waals surface area (Å²) in [4.78, 5) is 22.4. The van der Waals surface area contributed by atoms with Crippen molar-refractivity contribution in [3.63, 3.8) is 0 Å². The fourth-order valence-corrected chi connectivity index (χ4v) is 4.25. The Morgan fingerprint density at radius 2 is 1.91 bits per heavy atom. The van der Waals surface area contributed by atoms with E-state index >= 15 is 0 Å². The summed E-state index contributed by atoms with van der Waals surface area (Å²) in [5.41, 5.74) is 5.06. The molecular formula is C15H20N2O5S. The van der Waals surface area contributed by atoms with Crippen LogP contribution in [0.25, 0.3) is 0 Å². The molecule has 0 radical (unpaired) electrons. The molecule has 0 bridgehead atoms. The zero-order valence-corrected chi connectivity index (χ0v) is 13.7. The summed E-state index contributed by atoms with van der Waals surface area (Å²) in [5.74, 6) is -1.48. The highest BCUT2D eigenvalue weighted by atomic mass is 32.2. The van der Waals surface area contributed by atoms with Gasteiger partial charge in [0.1, 0.15) is 0 Å². The number of nitrogens with two attached hydrogens (primary N) is 1. The van der Waals surface area contributed by atoms with Gasteiger partial charge in [0.25, 0.3) is 5.91 Å². The van der Waals surface area contributed by atoms with Crippen molar-refractivity contribution < 1.29 is 22.7 Å². The smallest absolute Gasteiger partial charge is 0.338 e. The minimum atomic E-state index is -3.57. The van der Waals surface area contributed by atoms with Crippen molar-refractivity contribution in [2.75, 3.05) is 13.2 Å². The van der Waals surface area contributed by atoms with E-state index in [9.17, 15) is 18.0 Å². The van der Waals surface area contributed by atoms with Crippen LogP contribution in [0, 0.1) is 0 Å². The van der Waals surface area contributed by atoms with E-state index in [0.717, 1.165) is 19.3 Å². The molecule has 1 aromatic rings. The highest BCUT2D eigenvalue weighted by Crippen LogP contribution is 2.25. The van der Waals surface area contributed by atoms with Gasteiger partial charge < -0.3 is 10.5 Å². The van der Waals surface area contributed by atoms with Gasteiger partial charge in [0, 0.05) is 12.6 Å². The number of sulfonamides is 1. The molecule has 1 amide bonds. The Bertz CT molecular complexity index is 684. The summed E-state index contributed by atoms with van der Waals surface area (Å²) >= 11 is 0. The van der Waals surface area contributed by atoms with Crippen LogP contribution in [0.2, 0.25) is 0 Å². The normalized spacial score (nSPS) is 19.3. The van der Waals surface area contributed by atoms with Crippen LogP contribution in [0.4, 0.5) is 0 Å². The lowest BCUT2D eigenvalue weighted by atomic mass is 10.1. The highest BCUT2D eigenvalue weighted by Gasteiger charge is 2.30. The van der Waals surface area contributed by atoms with Crippen molar-refractivity contribution in [1.82, 2.24) is 4.31 Å². The van der Waals surface area contributed by atoms with Crippen molar-refractivity contribution in [2.45, 2.75) is 37.1 Å². The molecule has 0 saturated carbocycles. The highest BCUT2D eigenvalue weighted by molar-refractivity contribution is 7.89. The number of rotatable bonds is 5. The number of primary amides is 1. The fraction of sp³-hybridized carbons (Fsp3) is 0.467. The molecule has 0 aromatic heterocycles. The van der Waals surface area contributed by atoms with Crippen LogP contribution in [0.5, 0.6) is 0 Å². The quantitative estimate of drug-likeness (QED) is 0.801. The van der Waals surface area contributed by atoms with Crippen LogP contribution in [-0.4, -0.2) is 43.8 Å². The number of carbonyl (C=O) groups excluding carboxylic acids is 2. The van der Waals surface area contributed by atoms with Crippen molar-refractivity contribution in [3.05, 3.63) is 29.8 Å². The summed E-state index contributed by atoms with van der Waals surface area (Å²) in [5, 5.41) is 0. The Labute approximate surface area is 135 Å². The van der Waals surface area contributed by atoms with Crippen molar-refractivity contribution >= 4 is 21.9 Å². The molecular weight excluding hydrogens is 320 g/mol. The standard InChI is InChI=1S/C15H20N2O5S/c1-11-4-2-3-9-17(11)23(20,21)13-7-5-12(6-8-13)15(19)22-10-14(16)18/h5-8,11H,2-4,9-10H2,1H3,(H2,16,18)/t11-/m0/s1. The average molecular weight is 340 g/mol. The number of hydrogen-bond acceptors (Lipinski definition) is 5. The fourth-order valence-electron chi connectivity index (χ4n) is 2.55. The van der Waals surface area contributed by atoms with E-state index in [-0.39, 0.29) is 16.5 Å². The molecule has 0 unspecified atom stereocenters. The van der Waals surface area contributed by atoms with Crippen molar-refractivity contribution in [3.8, 4) is 0 Å². The summed E-state index contributed by atoms with van der Waals surface area (Å²) in [7, 11) is -3.57. The second kappa shape index (κ2) is 7.10. The number of piperidine rings is 1. The maximum Gasteiger partial charge on any atom is 0.338 e. The number of carbonyl (C=O) groups is 2. The molecule has 1 fully saturated rings. The van der Waals surface area contributed by atoms with Gasteiger partial charge in [-0.15, -0.1) is 0 Å². The second-order valence-electron chi connectivity index (χ2n) is 5.53. The summed E-state index contributed by atoms with van der Waals surface area (Å²) in [6.07, 6.45) is 2.72. The average Bonchev–Trinajstić information content (AvgIpc) is 2.53. The maximum absolute atomic E-state index is 12.6. The first-order chi connectivity index (χ1) is 10.8. The van der Waals surface area contributed by atoms with Crippen LogP contribution in [0.15, 0.2) is 29.2 Å². The minimum absolute atomic E-state index is 0.0334. The number of hydrogen-bond donors (Lipinski definition) is 1. The molecule has 126 valence electrons. The summed E-state index contributed by atoms with van der Waals surface area (Å²) in [6, 6.07) is 5.44. The third-order valence-corrected chi connectivity index (χ3v) is 5.81. The molecule has 2 rings (SSSR count). The van der Waals surface area contributed by atoms with Crippen LogP contribution in [0.1, 0.15) is 36.5 Å². The lowest BCUT2D eigenvalue weighted by Crippen LogP contribution is -2.41. The van der Waals surface area contributed by atoms with Crippen LogP contribution in [-0.2, 0) is 19.6 Å².